The Morgan fingerprint density at radius 3 is 2.60 bits per heavy atom. The molecule has 1 unspecified atom stereocenters. The largest absolute Gasteiger partial charge is 0.479 e. The molecule has 0 spiro atoms. The Kier molecular flexibility index (Phi) is 4.46. The van der Waals surface area contributed by atoms with Crippen molar-refractivity contribution < 1.29 is 19.4 Å². The third-order valence-electron chi connectivity index (χ3n) is 3.36. The van der Waals surface area contributed by atoms with Crippen molar-refractivity contribution >= 4 is 23.2 Å². The second kappa shape index (κ2) is 6.71. The van der Waals surface area contributed by atoms with Crippen molar-refractivity contribution in [2.45, 2.75) is 13.0 Å². The van der Waals surface area contributed by atoms with Crippen molar-refractivity contribution in [2.75, 3.05) is 0 Å². The van der Waals surface area contributed by atoms with Crippen molar-refractivity contribution in [3.63, 3.8) is 0 Å². The number of hydrogen-bond acceptors (Lipinski definition) is 5. The van der Waals surface area contributed by atoms with Crippen LogP contribution in [0.5, 0.6) is 17.4 Å². The number of carboxylic acid groups (broad SMARTS) is 1. The smallest absolute Gasteiger partial charge is 0.344 e. The maximum atomic E-state index is 10.8. The summed E-state index contributed by atoms with van der Waals surface area (Å²) in [4.78, 5) is 15.1. The van der Waals surface area contributed by atoms with E-state index in [4.69, 9.17) is 26.2 Å². The summed E-state index contributed by atoms with van der Waals surface area (Å²) in [6, 6.07) is 11.7. The Labute approximate surface area is 147 Å². The lowest BCUT2D eigenvalue weighted by atomic mass is 10.3. The van der Waals surface area contributed by atoms with Crippen LogP contribution in [0.2, 0.25) is 5.02 Å². The first kappa shape index (κ1) is 16.6. The zero-order valence-electron chi connectivity index (χ0n) is 13.0. The molecule has 0 fully saturated rings. The molecule has 1 aromatic carbocycles. The molecule has 0 aliphatic carbocycles. The molecule has 3 aromatic rings. The zero-order chi connectivity index (χ0) is 18.0. The number of rotatable bonds is 5. The Balaban J connectivity index is 1.84. The number of fused-ring (bicyclic) bond motifs is 1. The Morgan fingerprint density at radius 1 is 1.28 bits per heavy atom. The second-order valence-corrected chi connectivity index (χ2v) is 5.56. The van der Waals surface area contributed by atoms with Gasteiger partial charge in [0.05, 0.1) is 5.02 Å². The summed E-state index contributed by atoms with van der Waals surface area (Å²) in [6.07, 6.45) is 0.625. The third-order valence-corrected chi connectivity index (χ3v) is 3.58. The van der Waals surface area contributed by atoms with Crippen LogP contribution >= 0.6 is 11.6 Å². The first-order valence-corrected chi connectivity index (χ1v) is 7.61. The van der Waals surface area contributed by atoms with Gasteiger partial charge in [0.2, 0.25) is 0 Å². The van der Waals surface area contributed by atoms with E-state index in [1.165, 1.54) is 6.92 Å². The molecular weight excluding hydrogens is 346 g/mol. The molecule has 7 nitrogen and oxygen atoms in total. The molecule has 25 heavy (non-hydrogen) atoms. The lowest BCUT2D eigenvalue weighted by Gasteiger charge is -2.10. The molecule has 0 bridgehead atoms. The minimum atomic E-state index is -1.05. The number of nitriles is 1. The van der Waals surface area contributed by atoms with E-state index in [0.29, 0.717) is 22.2 Å². The van der Waals surface area contributed by atoms with Gasteiger partial charge in [-0.25, -0.2) is 4.79 Å². The first-order chi connectivity index (χ1) is 12.0. The van der Waals surface area contributed by atoms with Gasteiger partial charge in [-0.2, -0.15) is 10.2 Å². The highest BCUT2D eigenvalue weighted by Crippen LogP contribution is 2.28. The van der Waals surface area contributed by atoms with Crippen LogP contribution in [0.25, 0.3) is 5.65 Å². The van der Waals surface area contributed by atoms with Crippen molar-refractivity contribution in [3.8, 4) is 23.4 Å². The number of aromatic nitrogens is 2. The number of carboxylic acids is 1. The SMILES string of the molecule is CC(Oc1ccc(Oc2nc3ccc(Cl)cn3c2C#N)cc1)C(=O)O. The van der Waals surface area contributed by atoms with Crippen LogP contribution in [-0.4, -0.2) is 26.6 Å². The highest BCUT2D eigenvalue weighted by Gasteiger charge is 2.15. The van der Waals surface area contributed by atoms with E-state index in [0.717, 1.165) is 0 Å². The van der Waals surface area contributed by atoms with E-state index in [2.05, 4.69) is 4.98 Å². The average molecular weight is 358 g/mol. The minimum absolute atomic E-state index is 0.150. The van der Waals surface area contributed by atoms with E-state index in [1.54, 1.807) is 47.0 Å². The fourth-order valence-corrected chi connectivity index (χ4v) is 2.28. The maximum absolute atomic E-state index is 10.8. The van der Waals surface area contributed by atoms with Gasteiger partial charge in [0, 0.05) is 6.20 Å². The summed E-state index contributed by atoms with van der Waals surface area (Å²) in [7, 11) is 0. The van der Waals surface area contributed by atoms with Crippen LogP contribution in [0.1, 0.15) is 12.6 Å². The van der Waals surface area contributed by atoms with Gasteiger partial charge in [0.15, 0.2) is 11.8 Å². The molecule has 1 atom stereocenters. The quantitative estimate of drug-likeness (QED) is 0.750. The molecule has 2 heterocycles. The number of carbonyl (C=O) groups is 1. The molecule has 0 saturated carbocycles. The molecule has 0 aliphatic rings. The van der Waals surface area contributed by atoms with Crippen LogP contribution in [-0.2, 0) is 4.79 Å². The molecule has 126 valence electrons. The van der Waals surface area contributed by atoms with Crippen LogP contribution in [0, 0.1) is 11.3 Å². The van der Waals surface area contributed by atoms with E-state index < -0.39 is 12.1 Å². The number of imidazole rings is 1. The van der Waals surface area contributed by atoms with Crippen LogP contribution in [0.4, 0.5) is 0 Å². The van der Waals surface area contributed by atoms with Gasteiger partial charge >= 0.3 is 5.97 Å². The van der Waals surface area contributed by atoms with Gasteiger partial charge in [0.1, 0.15) is 23.2 Å². The maximum Gasteiger partial charge on any atom is 0.344 e. The lowest BCUT2D eigenvalue weighted by molar-refractivity contribution is -0.144. The third kappa shape index (κ3) is 3.49. The van der Waals surface area contributed by atoms with Crippen molar-refractivity contribution in [3.05, 3.63) is 53.3 Å². The molecule has 0 amide bonds. The standard InChI is InChI=1S/C17H12ClN3O4/c1-10(17(22)23)24-12-3-5-13(6-4-12)25-16-14(8-19)21-9-11(18)2-7-15(21)20-16/h2-7,9-10H,1H3,(H,22,23). The number of aliphatic carboxylic acids is 1. The Morgan fingerprint density at radius 2 is 1.96 bits per heavy atom. The number of pyridine rings is 1. The monoisotopic (exact) mass is 357 g/mol. The van der Waals surface area contributed by atoms with E-state index in [-0.39, 0.29) is 11.6 Å². The predicted molar refractivity (Wildman–Crippen MR) is 89.2 cm³/mol. The van der Waals surface area contributed by atoms with Crippen molar-refractivity contribution in [1.82, 2.24) is 9.38 Å². The molecule has 0 aliphatic heterocycles. The molecule has 3 rings (SSSR count). The Bertz CT molecular complexity index is 976. The molecule has 2 aromatic heterocycles. The number of halogens is 1. The van der Waals surface area contributed by atoms with Gasteiger partial charge in [-0.15, -0.1) is 0 Å². The molecule has 8 heteroatoms. The van der Waals surface area contributed by atoms with Crippen LogP contribution in [0.3, 0.4) is 0 Å². The van der Waals surface area contributed by atoms with Crippen molar-refractivity contribution in [1.29, 1.82) is 5.26 Å². The zero-order valence-corrected chi connectivity index (χ0v) is 13.8. The number of nitrogens with zero attached hydrogens (tertiary/aromatic N) is 3. The van der Waals surface area contributed by atoms with Gasteiger partial charge < -0.3 is 14.6 Å². The van der Waals surface area contributed by atoms with E-state index in [9.17, 15) is 10.1 Å². The van der Waals surface area contributed by atoms with Crippen LogP contribution in [0.15, 0.2) is 42.6 Å². The van der Waals surface area contributed by atoms with E-state index >= 15 is 0 Å². The summed E-state index contributed by atoms with van der Waals surface area (Å²) in [5, 5.41) is 18.7. The van der Waals surface area contributed by atoms with Gasteiger partial charge in [0.25, 0.3) is 5.88 Å². The molecular formula is C17H12ClN3O4. The van der Waals surface area contributed by atoms with Crippen molar-refractivity contribution in [2.24, 2.45) is 0 Å². The molecule has 0 saturated heterocycles. The lowest BCUT2D eigenvalue weighted by Crippen LogP contribution is -2.22. The highest BCUT2D eigenvalue weighted by atomic mass is 35.5. The Hall–Kier alpha value is -3.24. The first-order valence-electron chi connectivity index (χ1n) is 7.23. The number of hydrogen-bond donors (Lipinski definition) is 1. The summed E-state index contributed by atoms with van der Waals surface area (Å²) in [6.45, 7) is 1.44. The molecule has 0 radical (unpaired) electrons. The average Bonchev–Trinajstić information content (AvgIpc) is 2.92. The van der Waals surface area contributed by atoms with Gasteiger partial charge in [-0.05, 0) is 43.3 Å². The number of benzene rings is 1. The number of ether oxygens (including phenoxy) is 2. The van der Waals surface area contributed by atoms with E-state index in [1.807, 2.05) is 6.07 Å². The summed E-state index contributed by atoms with van der Waals surface area (Å²) >= 11 is 5.94. The summed E-state index contributed by atoms with van der Waals surface area (Å²) < 4.78 is 12.5. The van der Waals surface area contributed by atoms with Gasteiger partial charge in [-0.1, -0.05) is 11.6 Å². The topological polar surface area (TPSA) is 96.9 Å². The fourth-order valence-electron chi connectivity index (χ4n) is 2.12. The predicted octanol–water partition coefficient (Wildman–Crippen LogP) is 3.50. The normalized spacial score (nSPS) is 11.7. The second-order valence-electron chi connectivity index (χ2n) is 5.12. The minimum Gasteiger partial charge on any atom is -0.479 e. The van der Waals surface area contributed by atoms with Gasteiger partial charge in [-0.3, -0.25) is 4.40 Å². The highest BCUT2D eigenvalue weighted by molar-refractivity contribution is 6.30. The van der Waals surface area contributed by atoms with Crippen LogP contribution < -0.4 is 9.47 Å². The summed E-state index contributed by atoms with van der Waals surface area (Å²) in [5.41, 5.74) is 0.753. The molecule has 1 N–H and O–H groups in total. The fraction of sp³-hybridized carbons (Fsp3) is 0.118. The summed E-state index contributed by atoms with van der Waals surface area (Å²) in [5.74, 6) is -0.0782.